The van der Waals surface area contributed by atoms with Crippen LogP contribution in [-0.2, 0) is 16.1 Å². The molecule has 0 spiro atoms. The van der Waals surface area contributed by atoms with E-state index in [0.717, 1.165) is 16.9 Å². The molecule has 0 fully saturated rings. The second-order valence-corrected chi connectivity index (χ2v) is 12.6. The van der Waals surface area contributed by atoms with E-state index in [-0.39, 0.29) is 47.8 Å². The van der Waals surface area contributed by atoms with Crippen LogP contribution in [0, 0.1) is 12.3 Å². The number of aryl methyl sites for hydroxylation is 1. The molecule has 0 radical (unpaired) electrons. The van der Waals surface area contributed by atoms with E-state index in [1.54, 1.807) is 45.0 Å². The summed E-state index contributed by atoms with van der Waals surface area (Å²) in [6.07, 6.45) is -3.30. The number of rotatable bonds is 13. The van der Waals surface area contributed by atoms with Gasteiger partial charge in [0.05, 0.1) is 5.56 Å². The first kappa shape index (κ1) is 35.7. The molecule has 0 saturated heterocycles. The predicted molar refractivity (Wildman–Crippen MR) is 172 cm³/mol. The molecule has 0 aliphatic carbocycles. The Labute approximate surface area is 281 Å². The number of ether oxygens (including phenoxy) is 1. The zero-order chi connectivity index (χ0) is 34.9. The lowest BCUT2D eigenvalue weighted by Crippen LogP contribution is -2.45. The van der Waals surface area contributed by atoms with Gasteiger partial charge in [0.25, 0.3) is 5.91 Å². The number of anilines is 4. The largest absolute Gasteiger partial charge is 0.454 e. The number of aromatic nitrogens is 5. The molecule has 3 heterocycles. The Morgan fingerprint density at radius 2 is 1.62 bits per heavy atom. The Hall–Kier alpha value is -5.10. The number of nitrogens with zero attached hydrogens (tertiary/aromatic N) is 5. The minimum absolute atomic E-state index is 0.0833. The Balaban J connectivity index is 1.32. The number of hydrogen-bond acceptors (Lipinski definition) is 12. The number of alkyl halides is 3. The van der Waals surface area contributed by atoms with Gasteiger partial charge >= 0.3 is 24.0 Å². The van der Waals surface area contributed by atoms with Crippen LogP contribution in [0.1, 0.15) is 34.8 Å². The van der Waals surface area contributed by atoms with Crippen molar-refractivity contribution in [3.63, 3.8) is 0 Å². The molecule has 14 nitrogen and oxygen atoms in total. The Kier molecular flexibility index (Phi) is 11.7. The van der Waals surface area contributed by atoms with Gasteiger partial charge in [0.1, 0.15) is 22.5 Å². The summed E-state index contributed by atoms with van der Waals surface area (Å²) in [6.45, 7) is 4.23. The third kappa shape index (κ3) is 11.6. The quantitative estimate of drug-likeness (QED) is 0.123. The minimum Gasteiger partial charge on any atom is -0.454 e. The molecule has 0 unspecified atom stereocenters. The summed E-state index contributed by atoms with van der Waals surface area (Å²) in [5.41, 5.74) is 0.434. The number of carbonyl (C=O) groups is 3. The molecule has 3 amide bonds. The molecule has 0 aliphatic rings. The summed E-state index contributed by atoms with van der Waals surface area (Å²) in [5, 5.41) is 22.5. The van der Waals surface area contributed by atoms with Crippen LogP contribution in [0.15, 0.2) is 48.7 Å². The zero-order valence-corrected chi connectivity index (χ0v) is 27.3. The molecule has 0 atom stereocenters. The highest BCUT2D eigenvalue weighted by atomic mass is 35.5. The highest BCUT2D eigenvalue weighted by Crippen LogP contribution is 2.23. The van der Waals surface area contributed by atoms with Gasteiger partial charge in [-0.05, 0) is 42.2 Å². The van der Waals surface area contributed by atoms with Gasteiger partial charge in [0.2, 0.25) is 5.13 Å². The van der Waals surface area contributed by atoms with Gasteiger partial charge in [-0.2, -0.15) is 23.1 Å². The average molecular weight is 707 g/mol. The monoisotopic (exact) mass is 706 g/mol. The van der Waals surface area contributed by atoms with E-state index >= 15 is 0 Å². The predicted octanol–water partition coefficient (Wildman–Crippen LogP) is 4.49. The number of nitrogens with one attached hydrogen (secondary N) is 5. The minimum atomic E-state index is -4.60. The summed E-state index contributed by atoms with van der Waals surface area (Å²) < 4.78 is 43.1. The SMILES string of the molecule is Cc1nnc(NC(=O)C(=O)NCC(C)(C)CNC(=O)c2ccc(Nc3cc(NCc4ccc(Cl)cc4)nc(OCC(F)(F)F)n3)nc2)s1. The summed E-state index contributed by atoms with van der Waals surface area (Å²) in [7, 11) is 0. The molecule has 1 aromatic carbocycles. The van der Waals surface area contributed by atoms with Crippen LogP contribution < -0.4 is 31.3 Å². The highest BCUT2D eigenvalue weighted by molar-refractivity contribution is 7.15. The third-order valence-electron chi connectivity index (χ3n) is 6.15. The second kappa shape index (κ2) is 15.7. The Morgan fingerprint density at radius 1 is 0.917 bits per heavy atom. The summed E-state index contributed by atoms with van der Waals surface area (Å²) in [5.74, 6) is -1.69. The number of carbonyl (C=O) groups excluding carboxylic acids is 3. The van der Waals surface area contributed by atoms with Crippen LogP contribution in [-0.4, -0.2) is 68.7 Å². The van der Waals surface area contributed by atoms with Gasteiger partial charge in [0, 0.05) is 36.9 Å². The smallest absolute Gasteiger partial charge is 0.422 e. The van der Waals surface area contributed by atoms with E-state index in [1.165, 1.54) is 24.4 Å². The van der Waals surface area contributed by atoms with Crippen molar-refractivity contribution in [2.24, 2.45) is 5.41 Å². The maximum absolute atomic E-state index is 12.8. The summed E-state index contributed by atoms with van der Waals surface area (Å²) in [4.78, 5) is 49.3. The van der Waals surface area contributed by atoms with Gasteiger partial charge < -0.3 is 26.0 Å². The molecule has 254 valence electrons. The first-order chi connectivity index (χ1) is 22.6. The van der Waals surface area contributed by atoms with E-state index in [0.29, 0.717) is 10.0 Å². The summed E-state index contributed by atoms with van der Waals surface area (Å²) >= 11 is 7.05. The van der Waals surface area contributed by atoms with E-state index in [2.05, 4.69) is 51.7 Å². The molecule has 48 heavy (non-hydrogen) atoms. The lowest BCUT2D eigenvalue weighted by Gasteiger charge is -2.25. The molecule has 3 aromatic heterocycles. The molecule has 0 aliphatic heterocycles. The van der Waals surface area contributed by atoms with Crippen LogP contribution in [0.3, 0.4) is 0 Å². The molecule has 4 aromatic rings. The number of halogens is 4. The van der Waals surface area contributed by atoms with E-state index in [1.807, 2.05) is 0 Å². The maximum atomic E-state index is 12.8. The van der Waals surface area contributed by atoms with Crippen molar-refractivity contribution in [3.8, 4) is 6.01 Å². The standard InChI is InChI=1S/C29H30ClF3N10O4S/c1-16-42-43-27(48-16)41-25(46)24(45)37-14-28(2,3)13-36-23(44)18-6-9-20(35-12-18)38-22-10-21(34-11-17-4-7-19(30)8-5-17)39-26(40-22)47-15-29(31,32)33/h4-10,12H,11,13-15H2,1-3H3,(H,36,44)(H,37,45)(H,41,43,46)(H2,34,35,38,39,40). The molecular formula is C29H30ClF3N10O4S. The average Bonchev–Trinajstić information content (AvgIpc) is 3.45. The second-order valence-electron chi connectivity index (χ2n) is 11.0. The zero-order valence-electron chi connectivity index (χ0n) is 25.7. The Bertz CT molecular complexity index is 1740. The van der Waals surface area contributed by atoms with Crippen LogP contribution in [0.2, 0.25) is 5.02 Å². The lowest BCUT2D eigenvalue weighted by molar-refractivity contribution is -0.154. The normalized spacial score (nSPS) is 11.4. The molecular weight excluding hydrogens is 677 g/mol. The van der Waals surface area contributed by atoms with Crippen molar-refractivity contribution in [2.75, 3.05) is 35.6 Å². The van der Waals surface area contributed by atoms with Gasteiger partial charge in [0.15, 0.2) is 6.61 Å². The van der Waals surface area contributed by atoms with Crippen LogP contribution >= 0.6 is 22.9 Å². The van der Waals surface area contributed by atoms with E-state index in [4.69, 9.17) is 16.3 Å². The third-order valence-corrected chi connectivity index (χ3v) is 7.15. The van der Waals surface area contributed by atoms with E-state index in [9.17, 15) is 27.6 Å². The van der Waals surface area contributed by atoms with Gasteiger partial charge in [-0.25, -0.2) is 4.98 Å². The molecule has 0 saturated carbocycles. The van der Waals surface area contributed by atoms with Crippen LogP contribution in [0.5, 0.6) is 6.01 Å². The van der Waals surface area contributed by atoms with E-state index < -0.39 is 41.9 Å². The molecule has 4 rings (SSSR count). The lowest BCUT2D eigenvalue weighted by atomic mass is 9.93. The topological polar surface area (TPSA) is 185 Å². The number of benzene rings is 1. The van der Waals surface area contributed by atoms with Gasteiger partial charge in [-0.3, -0.25) is 19.7 Å². The van der Waals surface area contributed by atoms with Crippen molar-refractivity contribution in [2.45, 2.75) is 33.5 Å². The first-order valence-corrected chi connectivity index (χ1v) is 15.3. The molecule has 19 heteroatoms. The van der Waals surface area contributed by atoms with Crippen molar-refractivity contribution < 1.29 is 32.3 Å². The van der Waals surface area contributed by atoms with Crippen molar-refractivity contribution >= 4 is 63.2 Å². The van der Waals surface area contributed by atoms with Crippen molar-refractivity contribution in [3.05, 3.63) is 69.8 Å². The highest BCUT2D eigenvalue weighted by Gasteiger charge is 2.29. The molecule has 0 bridgehead atoms. The van der Waals surface area contributed by atoms with Crippen LogP contribution in [0.25, 0.3) is 0 Å². The number of hydrogen-bond donors (Lipinski definition) is 5. The fourth-order valence-electron chi connectivity index (χ4n) is 3.70. The fourth-order valence-corrected chi connectivity index (χ4v) is 4.42. The van der Waals surface area contributed by atoms with Crippen molar-refractivity contribution in [1.82, 2.24) is 35.8 Å². The summed E-state index contributed by atoms with van der Waals surface area (Å²) in [6, 6.07) is 10.9. The molecule has 5 N–H and O–H groups in total. The number of amides is 3. The maximum Gasteiger partial charge on any atom is 0.422 e. The van der Waals surface area contributed by atoms with Gasteiger partial charge in [-0.1, -0.05) is 48.9 Å². The van der Waals surface area contributed by atoms with Gasteiger partial charge in [-0.15, -0.1) is 10.2 Å². The Morgan fingerprint density at radius 3 is 2.27 bits per heavy atom. The number of pyridine rings is 1. The van der Waals surface area contributed by atoms with Crippen LogP contribution in [0.4, 0.5) is 35.8 Å². The van der Waals surface area contributed by atoms with Crippen molar-refractivity contribution in [1.29, 1.82) is 0 Å². The first-order valence-electron chi connectivity index (χ1n) is 14.1. The fraction of sp³-hybridized carbons (Fsp3) is 0.310.